The van der Waals surface area contributed by atoms with E-state index in [4.69, 9.17) is 47.3 Å². The molecule has 11 N–H and O–H groups in total. The molecule has 8 fully saturated rings. The molecule has 32 nitrogen and oxygen atoms in total. The Labute approximate surface area is 622 Å². The van der Waals surface area contributed by atoms with Crippen LogP contribution in [0.15, 0.2) is 60.7 Å². The maximum atomic E-state index is 14.6. The summed E-state index contributed by atoms with van der Waals surface area (Å²) in [4.78, 5) is 62.9. The van der Waals surface area contributed by atoms with Crippen molar-refractivity contribution >= 4 is 90.7 Å². The molecule has 35 heteroatoms. The van der Waals surface area contributed by atoms with Gasteiger partial charge in [0.05, 0.1) is 6.54 Å². The zero-order valence-electron chi connectivity index (χ0n) is 64.6. The van der Waals surface area contributed by atoms with Gasteiger partial charge in [0, 0.05) is 127 Å². The van der Waals surface area contributed by atoms with E-state index in [1.54, 1.807) is 53.2 Å². The molecule has 5 aromatic heterocycles. The predicted molar refractivity (Wildman–Crippen MR) is 406 cm³/mol. The molecule has 1 atom stereocenters. The van der Waals surface area contributed by atoms with Crippen LogP contribution in [0.5, 0.6) is 0 Å². The lowest BCUT2D eigenvalue weighted by Gasteiger charge is -2.60. The fourth-order valence-corrected chi connectivity index (χ4v) is 15.0. The molecule has 1 saturated carbocycles. The highest BCUT2D eigenvalue weighted by Gasteiger charge is 2.56. The molecule has 582 valence electrons. The fraction of sp³-hybridized carbons (Fsp3) is 0.662. The highest BCUT2D eigenvalue weighted by Crippen LogP contribution is 2.51. The quantitative estimate of drug-likeness (QED) is 0.0601. The number of halogens is 2. The van der Waals surface area contributed by atoms with E-state index in [-0.39, 0.29) is 64.4 Å². The molecule has 8 aliphatic rings. The Morgan fingerprint density at radius 1 is 0.481 bits per heavy atom. The summed E-state index contributed by atoms with van der Waals surface area (Å²) < 4.78 is 51.4. The van der Waals surface area contributed by atoms with Crippen LogP contribution in [-0.2, 0) is 23.4 Å². The summed E-state index contributed by atoms with van der Waals surface area (Å²) in [6.07, 6.45) is 3.93. The number of nitrogen functional groups attached to an aromatic ring is 5. The van der Waals surface area contributed by atoms with Gasteiger partial charge in [-0.15, -0.1) is 51.0 Å². The van der Waals surface area contributed by atoms with Gasteiger partial charge in [-0.3, -0.25) is 4.79 Å². The van der Waals surface area contributed by atoms with Crippen LogP contribution in [0.25, 0.3) is 0 Å². The number of amides is 4. The third-order valence-electron chi connectivity index (χ3n) is 20.5. The van der Waals surface area contributed by atoms with Gasteiger partial charge in [0.1, 0.15) is 52.0 Å². The molecule has 106 heavy (non-hydrogen) atoms. The molecule has 0 bridgehead atoms. The minimum atomic E-state index is -2.92. The van der Waals surface area contributed by atoms with Gasteiger partial charge in [-0.1, -0.05) is 20.8 Å². The number of carbonyl (C=O) groups excluding carboxylic acids is 4. The summed E-state index contributed by atoms with van der Waals surface area (Å²) in [5, 5.41) is 42.2. The summed E-state index contributed by atoms with van der Waals surface area (Å²) in [5.74, 6) is 3.01. The first-order chi connectivity index (χ1) is 49.3. The Morgan fingerprint density at radius 2 is 0.849 bits per heavy atom. The number of likely N-dealkylation sites (tertiary alicyclic amines) is 1. The molecule has 0 aromatic carbocycles. The Morgan fingerprint density at radius 3 is 1.21 bits per heavy atom. The molecule has 13 rings (SSSR count). The van der Waals surface area contributed by atoms with E-state index in [9.17, 15) is 28.0 Å². The Hall–Kier alpha value is -9.28. The second-order valence-corrected chi connectivity index (χ2v) is 38.8. The van der Waals surface area contributed by atoms with Crippen LogP contribution < -0.4 is 58.5 Å². The van der Waals surface area contributed by atoms with Gasteiger partial charge in [-0.25, -0.2) is 23.2 Å². The second-order valence-electron chi connectivity index (χ2n) is 34.1. The van der Waals surface area contributed by atoms with Gasteiger partial charge in [0.15, 0.2) is 37.4 Å². The molecule has 7 aliphatic heterocycles. The van der Waals surface area contributed by atoms with Crippen LogP contribution in [0.4, 0.5) is 81.3 Å². The van der Waals surface area contributed by atoms with Crippen molar-refractivity contribution in [3.63, 3.8) is 0 Å². The lowest BCUT2D eigenvalue weighted by Crippen LogP contribution is -2.67. The average Bonchev–Trinajstić information content (AvgIpc) is 0.917. The number of piperidine rings is 2. The zero-order chi connectivity index (χ0) is 77.8. The lowest BCUT2D eigenvalue weighted by molar-refractivity contribution is -0.119. The van der Waals surface area contributed by atoms with Crippen molar-refractivity contribution in [1.29, 1.82) is 0 Å². The molecule has 5 aromatic rings. The normalized spacial score (nSPS) is 20.1. The summed E-state index contributed by atoms with van der Waals surface area (Å²) in [7, 11) is 1.40. The first-order valence-corrected chi connectivity index (χ1v) is 39.1. The van der Waals surface area contributed by atoms with Gasteiger partial charge in [0.2, 0.25) is 5.91 Å². The van der Waals surface area contributed by atoms with Gasteiger partial charge >= 0.3 is 18.3 Å². The molecule has 1 aliphatic carbocycles. The van der Waals surface area contributed by atoms with Crippen LogP contribution in [0.3, 0.4) is 0 Å². The topological polar surface area (TPSA) is 402 Å². The number of nitrogens with one attached hydrogen (secondary N) is 1. The van der Waals surface area contributed by atoms with Crippen molar-refractivity contribution < 1.29 is 46.6 Å². The van der Waals surface area contributed by atoms with Crippen molar-refractivity contribution in [3.05, 3.63) is 60.7 Å². The first-order valence-electron chi connectivity index (χ1n) is 36.2. The van der Waals surface area contributed by atoms with Crippen LogP contribution >= 0.6 is 0 Å². The number of nitrogens with two attached hydrogens (primary N) is 5. The third-order valence-corrected chi connectivity index (χ3v) is 24.9. The number of hydrogen-bond acceptors (Lipinski definition) is 28. The van der Waals surface area contributed by atoms with Gasteiger partial charge in [-0.2, -0.15) is 0 Å². The van der Waals surface area contributed by atoms with Gasteiger partial charge in [0.25, 0.3) is 5.92 Å². The molecule has 4 amide bonds. The van der Waals surface area contributed by atoms with E-state index < -0.39 is 43.7 Å². The van der Waals surface area contributed by atoms with E-state index >= 15 is 0 Å². The van der Waals surface area contributed by atoms with E-state index in [1.807, 2.05) is 112 Å². The molecule has 0 radical (unpaired) electrons. The number of alkyl halides is 2. The van der Waals surface area contributed by atoms with Crippen LogP contribution in [0.1, 0.15) is 128 Å². The minimum absolute atomic E-state index is 0.0946. The monoisotopic (exact) mass is 1490 g/mol. The zero-order valence-corrected chi connectivity index (χ0v) is 65.6. The summed E-state index contributed by atoms with van der Waals surface area (Å²) in [5.41, 5.74) is 26.9. The number of hydrogen-bond donors (Lipinski definition) is 6. The van der Waals surface area contributed by atoms with Crippen molar-refractivity contribution in [2.75, 3.05) is 152 Å². The van der Waals surface area contributed by atoms with Crippen LogP contribution in [-0.4, -0.2) is 238 Å². The Bertz CT molecular complexity index is 3730. The van der Waals surface area contributed by atoms with E-state index in [0.29, 0.717) is 47.5 Å². The van der Waals surface area contributed by atoms with Crippen molar-refractivity contribution in [3.8, 4) is 0 Å². The highest BCUT2D eigenvalue weighted by molar-refractivity contribution is 6.74. The average molecular weight is 1500 g/mol. The Balaban J connectivity index is 0.000000154. The van der Waals surface area contributed by atoms with Crippen molar-refractivity contribution in [2.45, 2.75) is 187 Å². The van der Waals surface area contributed by atoms with Crippen molar-refractivity contribution in [2.24, 2.45) is 16.2 Å². The second kappa shape index (κ2) is 31.6. The molecule has 3 spiro atoms. The molecule has 7 saturated heterocycles. The Kier molecular flexibility index (Phi) is 24.1. The largest absolute Gasteiger partial charge is 0.444 e. The van der Waals surface area contributed by atoms with E-state index in [2.05, 4.69) is 96.7 Å². The van der Waals surface area contributed by atoms with E-state index in [1.165, 1.54) is 4.90 Å². The molecular weight excluding hydrogens is 1380 g/mol. The van der Waals surface area contributed by atoms with E-state index in [0.717, 1.165) is 127 Å². The summed E-state index contributed by atoms with van der Waals surface area (Å²) in [6, 6.07) is 18.2. The standard InChI is InChI=1S/C16H25N5O2.C15H26F2N4OSi.C15H23N5O2.C15H25N5O2.C10H13N5O/c1-15(2,3)23-14(22)20(4)11-7-16(8-11)9-21(10-16)13-6-5-12(17)18-19-13;1-14(2,3)23(4,5)22-11-8-9-21(10-15(11,16)17)13-7-6-12(18)19-20-13;1-14(2,3)22-13(21)19-7-6-15(8-19)9-20(10-15)12-5-4-11(16)17-18-12;1-15(2,3)22-14(21)19(4)11-7-9-20(10-8-11)13-6-5-12(16)17-18-13;11-7-1-2-8(14-13-7)15-5-10(6-15)3-9(16)12-4-10/h5-6,11H,7-10H2,1-4H3,(H2,17,18);6-7,11H,8-10H2,1-5H3,(H2,18,19);4-5H,6-10H2,1-3H3,(H2,16,17);5-6,11H,7-10H2,1-4H3,(H2,16,17);1-2H,3-6H2,(H2,11,13)(H,12,16). The number of aromatic nitrogens is 10. The number of rotatable bonds is 9. The maximum absolute atomic E-state index is 14.6. The minimum Gasteiger partial charge on any atom is -0.444 e. The third kappa shape index (κ3) is 21.3. The maximum Gasteiger partial charge on any atom is 0.410 e. The number of anilines is 10. The fourth-order valence-electron chi connectivity index (χ4n) is 13.7. The molecule has 12 heterocycles. The lowest BCUT2D eigenvalue weighted by atomic mass is 9.60. The van der Waals surface area contributed by atoms with Crippen LogP contribution in [0, 0.1) is 16.2 Å². The molecular formula is C71H112F2N24O8Si. The predicted octanol–water partition coefficient (Wildman–Crippen LogP) is 7.97. The van der Waals surface area contributed by atoms with Gasteiger partial charge in [-0.05, 0) is 180 Å². The first kappa shape index (κ1) is 80.8. The summed E-state index contributed by atoms with van der Waals surface area (Å²) >= 11 is 0. The SMILES string of the molecule is CC(C)(C)OC(=O)N1CCC2(C1)CN(c1ccc(N)nn1)C2.CC(C)(C)[Si](C)(C)OC1CCN(c2ccc(N)nn2)CC1(F)F.CN(C(=O)OC(C)(C)C)C1CC2(C1)CN(c1ccc(N)nn1)C2.CN(C(=O)OC(C)(C)C)C1CCN(c2ccc(N)nn2)CC1.Nc1ccc(N2CC3(CNC(=O)C3)C2)nn1. The number of carbonyl (C=O) groups is 4. The number of nitrogens with zero attached hydrogens (tertiary/aromatic N) is 18. The highest BCUT2D eigenvalue weighted by atomic mass is 28.4. The van der Waals surface area contributed by atoms with Crippen LogP contribution in [0.2, 0.25) is 18.1 Å². The van der Waals surface area contributed by atoms with Gasteiger partial charge < -0.3 is 91.8 Å². The molecule has 1 unspecified atom stereocenters. The van der Waals surface area contributed by atoms with Crippen molar-refractivity contribution in [1.82, 2.24) is 71.0 Å². The summed E-state index contributed by atoms with van der Waals surface area (Å²) in [6.45, 7) is 36.6. The number of ether oxygens (including phenoxy) is 3. The smallest absolute Gasteiger partial charge is 0.410 e.